The molecule has 0 amide bonds. The number of hydrogen-bond donors (Lipinski definition) is 1. The standard InChI is InChI=1S/C27H37FN2O6S/c1-6-8-9-10-11-15-35-16-14-30-37(31,32)20-12-13-25(22(28)17-20)36-24(7-2)21-18-26(33-4)27(34-5)19-23(21)29-3/h8-13,17-18,27,30H,6-7,14-16,19H2,1-5H3/b9-8-,11-10-,24-21+,29-23-. The molecule has 204 valence electrons. The van der Waals surface area contributed by atoms with E-state index in [4.69, 9.17) is 18.9 Å². The quantitative estimate of drug-likeness (QED) is 0.210. The third kappa shape index (κ3) is 8.92. The lowest BCUT2D eigenvalue weighted by molar-refractivity contribution is 0.0821. The molecule has 1 aromatic carbocycles. The van der Waals surface area contributed by atoms with Crippen molar-refractivity contribution in [1.82, 2.24) is 4.72 Å². The molecule has 0 spiro atoms. The Kier molecular flexibility index (Phi) is 12.7. The van der Waals surface area contributed by atoms with E-state index in [1.54, 1.807) is 27.3 Å². The van der Waals surface area contributed by atoms with E-state index in [0.29, 0.717) is 36.5 Å². The van der Waals surface area contributed by atoms with Gasteiger partial charge in [-0.25, -0.2) is 17.5 Å². The molecular formula is C27H37FN2O6S. The van der Waals surface area contributed by atoms with Gasteiger partial charge in [0.2, 0.25) is 10.0 Å². The predicted octanol–water partition coefficient (Wildman–Crippen LogP) is 4.71. The molecule has 37 heavy (non-hydrogen) atoms. The summed E-state index contributed by atoms with van der Waals surface area (Å²) in [5.41, 5.74) is 1.42. The van der Waals surface area contributed by atoms with Gasteiger partial charge in [0.05, 0.1) is 25.2 Å². The third-order valence-electron chi connectivity index (χ3n) is 5.52. The van der Waals surface area contributed by atoms with Crippen molar-refractivity contribution < 1.29 is 31.8 Å². The fraction of sp³-hybridized carbons (Fsp3) is 0.444. The first-order valence-corrected chi connectivity index (χ1v) is 13.6. The summed E-state index contributed by atoms with van der Waals surface area (Å²) in [6.45, 7) is 4.52. The molecule has 0 bridgehead atoms. The molecule has 0 aliphatic heterocycles. The van der Waals surface area contributed by atoms with Crippen molar-refractivity contribution in [3.05, 3.63) is 71.5 Å². The summed E-state index contributed by atoms with van der Waals surface area (Å²) in [4.78, 5) is 4.14. The molecule has 0 aromatic heterocycles. The van der Waals surface area contributed by atoms with Gasteiger partial charge in [0, 0.05) is 44.8 Å². The van der Waals surface area contributed by atoms with Crippen LogP contribution in [0.4, 0.5) is 4.39 Å². The lowest BCUT2D eigenvalue weighted by atomic mass is 9.94. The number of methoxy groups -OCH3 is 2. The zero-order valence-electron chi connectivity index (χ0n) is 22.1. The van der Waals surface area contributed by atoms with Crippen LogP contribution < -0.4 is 9.46 Å². The van der Waals surface area contributed by atoms with Crippen LogP contribution in [0, 0.1) is 5.82 Å². The summed E-state index contributed by atoms with van der Waals surface area (Å²) in [6.07, 6.45) is 11.0. The van der Waals surface area contributed by atoms with Crippen molar-refractivity contribution in [2.75, 3.05) is 41.0 Å². The van der Waals surface area contributed by atoms with E-state index in [9.17, 15) is 12.8 Å². The molecule has 10 heteroatoms. The van der Waals surface area contributed by atoms with E-state index < -0.39 is 15.8 Å². The van der Waals surface area contributed by atoms with Crippen LogP contribution in [0.3, 0.4) is 0 Å². The maximum absolute atomic E-state index is 14.9. The Morgan fingerprint density at radius 1 is 1.22 bits per heavy atom. The highest BCUT2D eigenvalue weighted by molar-refractivity contribution is 7.89. The topological polar surface area (TPSA) is 95.5 Å². The van der Waals surface area contributed by atoms with Crippen molar-refractivity contribution in [2.45, 2.75) is 44.1 Å². The number of nitrogens with one attached hydrogen (secondary N) is 1. The molecule has 0 radical (unpaired) electrons. The van der Waals surface area contributed by atoms with Crippen LogP contribution in [0.15, 0.2) is 75.6 Å². The number of rotatable bonds is 14. The van der Waals surface area contributed by atoms with Crippen molar-refractivity contribution in [1.29, 1.82) is 0 Å². The van der Waals surface area contributed by atoms with Crippen LogP contribution in [0.1, 0.15) is 33.1 Å². The number of hydrogen-bond acceptors (Lipinski definition) is 7. The van der Waals surface area contributed by atoms with E-state index in [2.05, 4.69) is 9.71 Å². The average Bonchev–Trinajstić information content (AvgIpc) is 2.90. The smallest absolute Gasteiger partial charge is 0.240 e. The van der Waals surface area contributed by atoms with Gasteiger partial charge in [0.1, 0.15) is 17.6 Å². The maximum atomic E-state index is 14.9. The lowest BCUT2D eigenvalue weighted by Crippen LogP contribution is -2.27. The average molecular weight is 537 g/mol. The normalized spacial score (nSPS) is 19.0. The summed E-state index contributed by atoms with van der Waals surface area (Å²) < 4.78 is 64.7. The number of nitrogens with zero attached hydrogens (tertiary/aromatic N) is 1. The highest BCUT2D eigenvalue weighted by Crippen LogP contribution is 2.30. The maximum Gasteiger partial charge on any atom is 0.240 e. The highest BCUT2D eigenvalue weighted by Gasteiger charge is 2.27. The second-order valence-electron chi connectivity index (χ2n) is 7.97. The molecule has 1 aliphatic carbocycles. The van der Waals surface area contributed by atoms with Crippen molar-refractivity contribution in [3.63, 3.8) is 0 Å². The molecule has 8 nitrogen and oxygen atoms in total. The van der Waals surface area contributed by atoms with Crippen molar-refractivity contribution in [3.8, 4) is 5.75 Å². The van der Waals surface area contributed by atoms with Gasteiger partial charge in [0.15, 0.2) is 11.6 Å². The minimum atomic E-state index is -3.92. The molecule has 0 heterocycles. The summed E-state index contributed by atoms with van der Waals surface area (Å²) in [5.74, 6) is 0.203. The Labute approximate surface area is 219 Å². The number of sulfonamides is 1. The number of aliphatic imine (C=N–C) groups is 1. The summed E-state index contributed by atoms with van der Waals surface area (Å²) >= 11 is 0. The van der Waals surface area contributed by atoms with Gasteiger partial charge in [-0.2, -0.15) is 0 Å². The van der Waals surface area contributed by atoms with Gasteiger partial charge < -0.3 is 18.9 Å². The number of ether oxygens (including phenoxy) is 4. The largest absolute Gasteiger partial charge is 0.498 e. The Balaban J connectivity index is 2.11. The van der Waals surface area contributed by atoms with Crippen molar-refractivity contribution >= 4 is 15.7 Å². The molecule has 2 rings (SSSR count). The van der Waals surface area contributed by atoms with Crippen LogP contribution in [0.5, 0.6) is 5.75 Å². The third-order valence-corrected chi connectivity index (χ3v) is 6.98. The SMILES string of the molecule is CC/C=C\C=C/COCCNS(=O)(=O)c1ccc(O/C(CC)=C2\C=C(OC)C(OC)C\C2=N\C)c(F)c1. The predicted molar refractivity (Wildman–Crippen MR) is 143 cm³/mol. The molecule has 1 atom stereocenters. The van der Waals surface area contributed by atoms with E-state index in [0.717, 1.165) is 18.2 Å². The monoisotopic (exact) mass is 536 g/mol. The van der Waals surface area contributed by atoms with Gasteiger partial charge >= 0.3 is 0 Å². The molecule has 0 saturated heterocycles. The Hall–Kier alpha value is -2.79. The Bertz CT molecular complexity index is 1160. The summed E-state index contributed by atoms with van der Waals surface area (Å²) in [6, 6.07) is 3.54. The summed E-state index contributed by atoms with van der Waals surface area (Å²) in [5, 5.41) is 0. The molecule has 0 fully saturated rings. The molecule has 1 unspecified atom stereocenters. The van der Waals surface area contributed by atoms with E-state index in [-0.39, 0.29) is 29.9 Å². The molecule has 1 aromatic rings. The fourth-order valence-electron chi connectivity index (χ4n) is 3.56. The van der Waals surface area contributed by atoms with Crippen LogP contribution in [-0.2, 0) is 24.2 Å². The van der Waals surface area contributed by atoms with Crippen LogP contribution in [0.2, 0.25) is 0 Å². The second kappa shape index (κ2) is 15.5. The number of benzene rings is 1. The van der Waals surface area contributed by atoms with Gasteiger partial charge in [0.25, 0.3) is 0 Å². The minimum Gasteiger partial charge on any atom is -0.498 e. The Morgan fingerprint density at radius 3 is 2.59 bits per heavy atom. The van der Waals surface area contributed by atoms with E-state index in [1.165, 1.54) is 12.1 Å². The lowest BCUT2D eigenvalue weighted by Gasteiger charge is -2.26. The minimum absolute atomic E-state index is 0.0582. The second-order valence-corrected chi connectivity index (χ2v) is 9.74. The first-order valence-electron chi connectivity index (χ1n) is 12.1. The van der Waals surface area contributed by atoms with Gasteiger partial charge in [-0.3, -0.25) is 4.99 Å². The van der Waals surface area contributed by atoms with Crippen LogP contribution in [0.25, 0.3) is 0 Å². The summed E-state index contributed by atoms with van der Waals surface area (Å²) in [7, 11) is 0.896. The zero-order valence-corrected chi connectivity index (χ0v) is 22.9. The molecule has 0 saturated carbocycles. The highest BCUT2D eigenvalue weighted by atomic mass is 32.2. The molecular weight excluding hydrogens is 499 g/mol. The van der Waals surface area contributed by atoms with Crippen molar-refractivity contribution in [2.24, 2.45) is 4.99 Å². The number of allylic oxidation sites excluding steroid dienone is 6. The van der Waals surface area contributed by atoms with E-state index >= 15 is 0 Å². The van der Waals surface area contributed by atoms with Crippen LogP contribution in [-0.4, -0.2) is 61.3 Å². The molecule has 1 aliphatic rings. The Morgan fingerprint density at radius 2 is 1.97 bits per heavy atom. The fourth-order valence-corrected chi connectivity index (χ4v) is 4.59. The van der Waals surface area contributed by atoms with Gasteiger partial charge in [-0.15, -0.1) is 0 Å². The van der Waals surface area contributed by atoms with Crippen LogP contribution >= 0.6 is 0 Å². The first-order chi connectivity index (χ1) is 17.8. The van der Waals surface area contributed by atoms with Gasteiger partial charge in [-0.05, 0) is 30.7 Å². The van der Waals surface area contributed by atoms with E-state index in [1.807, 2.05) is 38.2 Å². The van der Waals surface area contributed by atoms with Gasteiger partial charge in [-0.1, -0.05) is 38.2 Å². The number of halogens is 1. The molecule has 1 N–H and O–H groups in total. The first kappa shape index (κ1) is 30.4. The zero-order chi connectivity index (χ0) is 27.3.